The summed E-state index contributed by atoms with van der Waals surface area (Å²) in [7, 11) is 0. The second-order valence-corrected chi connectivity index (χ2v) is 10.1. The monoisotopic (exact) mass is 517 g/mol. The van der Waals surface area contributed by atoms with E-state index < -0.39 is 12.1 Å². The molecule has 0 spiro atoms. The maximum absolute atomic E-state index is 12.2. The van der Waals surface area contributed by atoms with Crippen LogP contribution < -0.4 is 5.32 Å². The quantitative estimate of drug-likeness (QED) is 0.0795. The molecular weight excluding hydrogens is 458 g/mol. The average Bonchev–Trinajstić information content (AvgIpc) is 2.90. The van der Waals surface area contributed by atoms with Gasteiger partial charge in [0.1, 0.15) is 0 Å². The van der Waals surface area contributed by atoms with Crippen LogP contribution in [-0.4, -0.2) is 34.9 Å². The molecule has 4 heteroatoms. The lowest BCUT2D eigenvalue weighted by molar-refractivity contribution is -0.123. The van der Waals surface area contributed by atoms with Crippen molar-refractivity contribution in [2.75, 3.05) is 6.61 Å². The molecule has 0 aromatic heterocycles. The Morgan fingerprint density at radius 3 is 1.68 bits per heavy atom. The Hall–Kier alpha value is -1.65. The number of nitrogens with one attached hydrogen (secondary N) is 1. The third-order valence-electron chi connectivity index (χ3n) is 6.49. The summed E-state index contributed by atoms with van der Waals surface area (Å²) in [5.74, 6) is -0.0949. The van der Waals surface area contributed by atoms with E-state index in [0.717, 1.165) is 51.4 Å². The summed E-state index contributed by atoms with van der Waals surface area (Å²) in [6.45, 7) is 4.17. The van der Waals surface area contributed by atoms with E-state index in [-0.39, 0.29) is 12.5 Å². The van der Waals surface area contributed by atoms with Gasteiger partial charge < -0.3 is 15.5 Å². The van der Waals surface area contributed by atoms with Crippen molar-refractivity contribution in [1.29, 1.82) is 0 Å². The molecular formula is C33H59NO3. The van der Waals surface area contributed by atoms with Crippen molar-refractivity contribution in [3.8, 4) is 0 Å². The van der Waals surface area contributed by atoms with Gasteiger partial charge in [0.15, 0.2) is 0 Å². The smallest absolute Gasteiger partial charge is 0.220 e. The molecule has 0 radical (unpaired) electrons. The van der Waals surface area contributed by atoms with Crippen molar-refractivity contribution >= 4 is 5.91 Å². The zero-order valence-corrected chi connectivity index (χ0v) is 24.2. The van der Waals surface area contributed by atoms with Crippen LogP contribution >= 0.6 is 0 Å². The molecule has 0 aromatic carbocycles. The van der Waals surface area contributed by atoms with E-state index in [4.69, 9.17) is 0 Å². The average molecular weight is 518 g/mol. The van der Waals surface area contributed by atoms with Crippen molar-refractivity contribution in [3.05, 3.63) is 48.6 Å². The molecule has 0 aliphatic carbocycles. The Kier molecular flexibility index (Phi) is 27.6. The van der Waals surface area contributed by atoms with Crippen molar-refractivity contribution < 1.29 is 15.0 Å². The number of rotatable bonds is 26. The van der Waals surface area contributed by atoms with Crippen molar-refractivity contribution in [2.45, 2.75) is 148 Å². The number of unbranched alkanes of at least 4 members (excludes halogenated alkanes) is 13. The molecule has 2 atom stereocenters. The van der Waals surface area contributed by atoms with Gasteiger partial charge in [-0.25, -0.2) is 0 Å². The van der Waals surface area contributed by atoms with Gasteiger partial charge in [-0.2, -0.15) is 0 Å². The Morgan fingerprint density at radius 1 is 0.622 bits per heavy atom. The second-order valence-electron chi connectivity index (χ2n) is 10.1. The van der Waals surface area contributed by atoms with E-state index in [1.807, 2.05) is 6.08 Å². The molecule has 0 rings (SSSR count). The summed E-state index contributed by atoms with van der Waals surface area (Å²) >= 11 is 0. The predicted octanol–water partition coefficient (Wildman–Crippen LogP) is 8.50. The van der Waals surface area contributed by atoms with Gasteiger partial charge in [0, 0.05) is 6.42 Å². The molecule has 0 aliphatic heterocycles. The van der Waals surface area contributed by atoms with Crippen LogP contribution in [0.4, 0.5) is 0 Å². The van der Waals surface area contributed by atoms with E-state index >= 15 is 0 Å². The highest BCUT2D eigenvalue weighted by atomic mass is 16.3. The lowest BCUT2D eigenvalue weighted by Gasteiger charge is -2.19. The van der Waals surface area contributed by atoms with E-state index in [1.165, 1.54) is 64.2 Å². The number of carbonyl (C=O) groups is 1. The van der Waals surface area contributed by atoms with Gasteiger partial charge >= 0.3 is 0 Å². The Morgan fingerprint density at radius 2 is 1.11 bits per heavy atom. The molecule has 0 fully saturated rings. The van der Waals surface area contributed by atoms with Gasteiger partial charge in [-0.1, -0.05) is 114 Å². The number of aliphatic hydroxyl groups is 2. The first-order chi connectivity index (χ1) is 18.2. The van der Waals surface area contributed by atoms with E-state index in [9.17, 15) is 15.0 Å². The van der Waals surface area contributed by atoms with Gasteiger partial charge in [0.05, 0.1) is 18.8 Å². The normalized spacial score (nSPS) is 13.9. The number of hydrogen-bond donors (Lipinski definition) is 3. The summed E-state index contributed by atoms with van der Waals surface area (Å²) in [6.07, 6.45) is 37.5. The molecule has 4 nitrogen and oxygen atoms in total. The number of aliphatic hydroxyl groups excluding tert-OH is 2. The highest BCUT2D eigenvalue weighted by Crippen LogP contribution is 2.09. The molecule has 2 unspecified atom stereocenters. The summed E-state index contributed by atoms with van der Waals surface area (Å²) in [4.78, 5) is 12.2. The zero-order valence-electron chi connectivity index (χ0n) is 24.2. The van der Waals surface area contributed by atoms with E-state index in [1.54, 1.807) is 6.08 Å². The first kappa shape index (κ1) is 35.4. The first-order valence-corrected chi connectivity index (χ1v) is 15.4. The molecule has 0 aromatic rings. The van der Waals surface area contributed by atoms with Crippen LogP contribution in [0.15, 0.2) is 48.6 Å². The van der Waals surface area contributed by atoms with Gasteiger partial charge in [-0.05, 0) is 64.2 Å². The highest BCUT2D eigenvalue weighted by molar-refractivity contribution is 5.76. The van der Waals surface area contributed by atoms with Crippen LogP contribution in [0.3, 0.4) is 0 Å². The van der Waals surface area contributed by atoms with E-state index in [0.29, 0.717) is 6.42 Å². The van der Waals surface area contributed by atoms with E-state index in [2.05, 4.69) is 55.6 Å². The van der Waals surface area contributed by atoms with Crippen molar-refractivity contribution in [1.82, 2.24) is 5.32 Å². The maximum atomic E-state index is 12.2. The summed E-state index contributed by atoms with van der Waals surface area (Å²) in [5.41, 5.74) is 0. The van der Waals surface area contributed by atoms with Crippen molar-refractivity contribution in [2.24, 2.45) is 0 Å². The summed E-state index contributed by atoms with van der Waals surface area (Å²) in [6, 6.07) is -0.646. The number of amides is 1. The third kappa shape index (κ3) is 25.8. The van der Waals surface area contributed by atoms with Crippen LogP contribution in [0.25, 0.3) is 0 Å². The lowest BCUT2D eigenvalue weighted by atomic mass is 10.1. The maximum Gasteiger partial charge on any atom is 0.220 e. The van der Waals surface area contributed by atoms with Crippen LogP contribution in [0, 0.1) is 0 Å². The van der Waals surface area contributed by atoms with Gasteiger partial charge in [0.2, 0.25) is 5.91 Å². The first-order valence-electron chi connectivity index (χ1n) is 15.4. The minimum absolute atomic E-state index is 0.0949. The molecule has 214 valence electrons. The van der Waals surface area contributed by atoms with Crippen LogP contribution in [-0.2, 0) is 4.79 Å². The largest absolute Gasteiger partial charge is 0.394 e. The molecule has 1 amide bonds. The number of carbonyl (C=O) groups excluding carboxylic acids is 1. The van der Waals surface area contributed by atoms with Gasteiger partial charge in [-0.15, -0.1) is 0 Å². The van der Waals surface area contributed by atoms with Crippen LogP contribution in [0.2, 0.25) is 0 Å². The zero-order chi connectivity index (χ0) is 27.2. The molecule has 3 N–H and O–H groups in total. The Balaban J connectivity index is 3.81. The Labute approximate surface area is 229 Å². The molecule has 0 bridgehead atoms. The summed E-state index contributed by atoms with van der Waals surface area (Å²) < 4.78 is 0. The number of allylic oxidation sites excluding steroid dienone is 7. The summed E-state index contributed by atoms with van der Waals surface area (Å²) in [5, 5.41) is 22.7. The molecule has 0 aliphatic rings. The Bertz CT molecular complexity index is 609. The lowest BCUT2D eigenvalue weighted by Crippen LogP contribution is -2.45. The standard InChI is InChI=1S/C33H59NO3/c1-3-5-7-9-11-13-15-16-17-18-19-20-22-24-26-28-32(36)31(30-35)34-33(37)29-27-25-23-21-14-12-10-8-6-4-2/h8,10,15-16,19-20,26,28,31-32,35-36H,3-7,9,11-14,17-18,21-25,27,29-30H2,1-2H3,(H,34,37)/b10-8-,16-15+,20-19+,28-26+. The highest BCUT2D eigenvalue weighted by Gasteiger charge is 2.17. The van der Waals surface area contributed by atoms with Gasteiger partial charge in [0.25, 0.3) is 0 Å². The second kappa shape index (κ2) is 28.9. The SMILES string of the molecule is CCC/C=C\CCCCCCCC(=O)NC(CO)C(O)/C=C/CC/C=C/CC/C=C/CCCCCCC. The third-order valence-corrected chi connectivity index (χ3v) is 6.49. The molecule has 0 saturated heterocycles. The van der Waals surface area contributed by atoms with Crippen LogP contribution in [0.1, 0.15) is 136 Å². The van der Waals surface area contributed by atoms with Crippen molar-refractivity contribution in [3.63, 3.8) is 0 Å². The van der Waals surface area contributed by atoms with Gasteiger partial charge in [-0.3, -0.25) is 4.79 Å². The predicted molar refractivity (Wildman–Crippen MR) is 161 cm³/mol. The van der Waals surface area contributed by atoms with Crippen LogP contribution in [0.5, 0.6) is 0 Å². The minimum Gasteiger partial charge on any atom is -0.394 e. The fraction of sp³-hybridized carbons (Fsp3) is 0.727. The minimum atomic E-state index is -0.870. The molecule has 0 saturated carbocycles. The fourth-order valence-corrected chi connectivity index (χ4v) is 4.09. The number of hydrogen-bond acceptors (Lipinski definition) is 3. The topological polar surface area (TPSA) is 69.6 Å². The molecule has 37 heavy (non-hydrogen) atoms. The molecule has 0 heterocycles. The fourth-order valence-electron chi connectivity index (χ4n) is 4.09.